The second-order valence-electron chi connectivity index (χ2n) is 2.45. The van der Waals surface area contributed by atoms with Crippen LogP contribution in [0, 0.1) is 0 Å². The highest BCUT2D eigenvalue weighted by atomic mass is 16.3. The van der Waals surface area contributed by atoms with E-state index < -0.39 is 0 Å². The molecule has 0 aliphatic heterocycles. The molecule has 54 valence electrons. The summed E-state index contributed by atoms with van der Waals surface area (Å²) in [6, 6.07) is 7.12. The van der Waals surface area contributed by atoms with Crippen LogP contribution in [0.5, 0.6) is 0 Å². The van der Waals surface area contributed by atoms with Gasteiger partial charge in [-0.3, -0.25) is 4.79 Å². The number of aliphatic hydroxyl groups excluding tert-OH is 1. The lowest BCUT2D eigenvalue weighted by molar-refractivity contribution is 0.0985. The zero-order chi connectivity index (χ0) is 7.84. The average Bonchev–Trinajstić information content (AvgIpc) is 2.30. The number of Topliss-reactive ketones (excluding diaryl/α,β-unsaturated/α-hetero) is 1. The van der Waals surface area contributed by atoms with Crippen molar-refractivity contribution in [3.05, 3.63) is 41.2 Å². The van der Waals surface area contributed by atoms with Crippen LogP contribution in [0.1, 0.15) is 15.9 Å². The number of aliphatic hydroxyl groups is 1. The fourth-order valence-corrected chi connectivity index (χ4v) is 1.18. The van der Waals surface area contributed by atoms with Gasteiger partial charge >= 0.3 is 0 Å². The zero-order valence-electron chi connectivity index (χ0n) is 5.74. The van der Waals surface area contributed by atoms with Crippen LogP contribution in [-0.2, 0) is 0 Å². The standard InChI is InChI=1S/C9H6O2/c10-8-5-6-3-1-2-4-7(6)9(8)11/h1-5H,(H,10,11). The smallest absolute Gasteiger partial charge is 0.227 e. The minimum atomic E-state index is -0.277. The average molecular weight is 146 g/mol. The predicted octanol–water partition coefficient (Wildman–Crippen LogP) is 1.78. The summed E-state index contributed by atoms with van der Waals surface area (Å²) in [4.78, 5) is 11.1. The summed E-state index contributed by atoms with van der Waals surface area (Å²) in [5.41, 5.74) is 1.39. The van der Waals surface area contributed by atoms with Gasteiger partial charge in [-0.15, -0.1) is 0 Å². The van der Waals surface area contributed by atoms with Gasteiger partial charge in [0.25, 0.3) is 0 Å². The lowest BCUT2D eigenvalue weighted by Crippen LogP contribution is -1.96. The van der Waals surface area contributed by atoms with Crippen LogP contribution >= 0.6 is 0 Å². The fourth-order valence-electron chi connectivity index (χ4n) is 1.18. The van der Waals surface area contributed by atoms with E-state index in [0.29, 0.717) is 5.56 Å². The van der Waals surface area contributed by atoms with Crippen LogP contribution in [0.15, 0.2) is 30.0 Å². The van der Waals surface area contributed by atoms with E-state index >= 15 is 0 Å². The lowest BCUT2D eigenvalue weighted by Gasteiger charge is -1.92. The molecule has 0 heterocycles. The Kier molecular flexibility index (Phi) is 1.09. The number of rotatable bonds is 0. The molecule has 1 aromatic rings. The Morgan fingerprint density at radius 2 is 1.91 bits per heavy atom. The van der Waals surface area contributed by atoms with E-state index in [1.54, 1.807) is 18.2 Å². The highest BCUT2D eigenvalue weighted by Crippen LogP contribution is 2.22. The molecule has 0 fully saturated rings. The molecule has 0 radical (unpaired) electrons. The first-order valence-electron chi connectivity index (χ1n) is 3.33. The van der Waals surface area contributed by atoms with E-state index in [0.717, 1.165) is 5.56 Å². The monoisotopic (exact) mass is 146 g/mol. The topological polar surface area (TPSA) is 37.3 Å². The molecule has 0 atom stereocenters. The number of carbonyl (C=O) groups excluding carboxylic acids is 1. The van der Waals surface area contributed by atoms with Crippen LogP contribution in [0.2, 0.25) is 0 Å². The summed E-state index contributed by atoms with van der Waals surface area (Å²) in [5.74, 6) is -0.438. The molecule has 0 unspecified atom stereocenters. The maximum Gasteiger partial charge on any atom is 0.227 e. The Morgan fingerprint density at radius 1 is 1.18 bits per heavy atom. The van der Waals surface area contributed by atoms with Crippen molar-refractivity contribution >= 4 is 11.9 Å². The summed E-state index contributed by atoms with van der Waals surface area (Å²) in [5, 5.41) is 9.03. The molecule has 0 spiro atoms. The second-order valence-corrected chi connectivity index (χ2v) is 2.45. The first-order valence-corrected chi connectivity index (χ1v) is 3.33. The summed E-state index contributed by atoms with van der Waals surface area (Å²) in [7, 11) is 0. The molecule has 0 aromatic heterocycles. The highest BCUT2D eigenvalue weighted by molar-refractivity contribution is 6.16. The molecule has 0 bridgehead atoms. The van der Waals surface area contributed by atoms with E-state index in [2.05, 4.69) is 0 Å². The zero-order valence-corrected chi connectivity index (χ0v) is 5.74. The molecular weight excluding hydrogens is 140 g/mol. The van der Waals surface area contributed by atoms with Crippen molar-refractivity contribution in [2.75, 3.05) is 0 Å². The summed E-state index contributed by atoms with van der Waals surface area (Å²) in [6.45, 7) is 0. The van der Waals surface area contributed by atoms with Gasteiger partial charge < -0.3 is 5.11 Å². The first-order chi connectivity index (χ1) is 5.29. The van der Waals surface area contributed by atoms with Crippen LogP contribution in [0.25, 0.3) is 6.08 Å². The quantitative estimate of drug-likeness (QED) is 0.605. The SMILES string of the molecule is O=C1C(O)=Cc2ccccc21. The van der Waals surface area contributed by atoms with E-state index in [4.69, 9.17) is 5.11 Å². The number of allylic oxidation sites excluding steroid dienone is 1. The molecule has 1 N–H and O–H groups in total. The Labute approximate surface area is 63.8 Å². The molecule has 11 heavy (non-hydrogen) atoms. The van der Waals surface area contributed by atoms with Gasteiger partial charge in [0.2, 0.25) is 5.78 Å². The van der Waals surface area contributed by atoms with Crippen LogP contribution < -0.4 is 0 Å². The Bertz CT molecular complexity index is 350. The maximum atomic E-state index is 11.1. The second kappa shape index (κ2) is 1.95. The number of ketones is 1. The normalized spacial score (nSPS) is 14.5. The third-order valence-electron chi connectivity index (χ3n) is 1.73. The largest absolute Gasteiger partial charge is 0.504 e. The molecular formula is C9H6O2. The third kappa shape index (κ3) is 0.759. The van der Waals surface area contributed by atoms with Gasteiger partial charge in [0, 0.05) is 5.56 Å². The Hall–Kier alpha value is -1.57. The molecule has 0 saturated heterocycles. The molecule has 0 saturated carbocycles. The summed E-state index contributed by atoms with van der Waals surface area (Å²) < 4.78 is 0. The van der Waals surface area contributed by atoms with Crippen molar-refractivity contribution in [1.29, 1.82) is 0 Å². The van der Waals surface area contributed by atoms with Crippen molar-refractivity contribution in [2.45, 2.75) is 0 Å². The Morgan fingerprint density at radius 3 is 2.64 bits per heavy atom. The Balaban J connectivity index is 2.67. The maximum absolute atomic E-state index is 11.1. The summed E-state index contributed by atoms with van der Waals surface area (Å²) in [6.07, 6.45) is 1.48. The minimum Gasteiger partial charge on any atom is -0.504 e. The predicted molar refractivity (Wildman–Crippen MR) is 41.4 cm³/mol. The molecule has 1 aliphatic carbocycles. The summed E-state index contributed by atoms with van der Waals surface area (Å²) >= 11 is 0. The van der Waals surface area contributed by atoms with Crippen molar-refractivity contribution in [1.82, 2.24) is 0 Å². The molecule has 1 aliphatic rings. The fraction of sp³-hybridized carbons (Fsp3) is 0. The van der Waals surface area contributed by atoms with E-state index in [1.165, 1.54) is 6.08 Å². The lowest BCUT2D eigenvalue weighted by atomic mass is 10.1. The van der Waals surface area contributed by atoms with E-state index in [9.17, 15) is 4.79 Å². The minimum absolute atomic E-state index is 0.161. The molecule has 1 aromatic carbocycles. The van der Waals surface area contributed by atoms with Gasteiger partial charge in [0.1, 0.15) is 0 Å². The van der Waals surface area contributed by atoms with Gasteiger partial charge in [0.15, 0.2) is 5.76 Å². The van der Waals surface area contributed by atoms with Crippen LogP contribution in [0.3, 0.4) is 0 Å². The van der Waals surface area contributed by atoms with E-state index in [-0.39, 0.29) is 11.5 Å². The molecule has 2 heteroatoms. The van der Waals surface area contributed by atoms with Gasteiger partial charge in [-0.25, -0.2) is 0 Å². The number of hydrogen-bond acceptors (Lipinski definition) is 2. The van der Waals surface area contributed by atoms with Gasteiger partial charge in [0.05, 0.1) is 0 Å². The molecule has 2 rings (SSSR count). The number of hydrogen-bond donors (Lipinski definition) is 1. The van der Waals surface area contributed by atoms with Crippen LogP contribution in [-0.4, -0.2) is 10.9 Å². The van der Waals surface area contributed by atoms with Crippen molar-refractivity contribution < 1.29 is 9.90 Å². The number of fused-ring (bicyclic) bond motifs is 1. The van der Waals surface area contributed by atoms with Crippen molar-refractivity contribution in [3.63, 3.8) is 0 Å². The molecule has 2 nitrogen and oxygen atoms in total. The third-order valence-corrected chi connectivity index (χ3v) is 1.73. The van der Waals surface area contributed by atoms with Crippen molar-refractivity contribution in [3.8, 4) is 0 Å². The van der Waals surface area contributed by atoms with Gasteiger partial charge in [-0.2, -0.15) is 0 Å². The first kappa shape index (κ1) is 6.16. The molecule has 0 amide bonds. The van der Waals surface area contributed by atoms with E-state index in [1.807, 2.05) is 6.07 Å². The van der Waals surface area contributed by atoms with Crippen LogP contribution in [0.4, 0.5) is 0 Å². The highest BCUT2D eigenvalue weighted by Gasteiger charge is 2.20. The number of carbonyl (C=O) groups is 1. The number of benzene rings is 1. The van der Waals surface area contributed by atoms with Gasteiger partial charge in [-0.1, -0.05) is 24.3 Å². The van der Waals surface area contributed by atoms with Crippen molar-refractivity contribution in [2.24, 2.45) is 0 Å². The van der Waals surface area contributed by atoms with Gasteiger partial charge in [-0.05, 0) is 11.6 Å².